The third-order valence-electron chi connectivity index (χ3n) is 4.47. The first-order valence-corrected chi connectivity index (χ1v) is 10.4. The minimum atomic E-state index is -4.56. The quantitative estimate of drug-likeness (QED) is 0.478. The number of rotatable bonds is 7. The van der Waals surface area contributed by atoms with Gasteiger partial charge in [0, 0.05) is 17.5 Å². The van der Waals surface area contributed by atoms with Crippen molar-refractivity contribution < 1.29 is 27.8 Å². The number of alkyl halides is 3. The highest BCUT2D eigenvalue weighted by Crippen LogP contribution is 2.40. The fourth-order valence-electron chi connectivity index (χ4n) is 3.06. The van der Waals surface area contributed by atoms with Crippen molar-refractivity contribution in [2.24, 2.45) is 0 Å². The molecule has 1 heterocycles. The van der Waals surface area contributed by atoms with Gasteiger partial charge in [-0.25, -0.2) is 0 Å². The maximum Gasteiger partial charge on any atom is 0.419 e. The zero-order valence-corrected chi connectivity index (χ0v) is 18.0. The van der Waals surface area contributed by atoms with Crippen LogP contribution in [-0.4, -0.2) is 27.4 Å². The van der Waals surface area contributed by atoms with E-state index in [2.05, 4.69) is 10.2 Å². The Bertz CT molecular complexity index is 1090. The number of hydrogen-bond donors (Lipinski definition) is 1. The van der Waals surface area contributed by atoms with Gasteiger partial charge in [0.05, 0.1) is 11.7 Å². The molecular weight excluding hydrogens is 429 g/mol. The Balaban J connectivity index is 1.91. The summed E-state index contributed by atoms with van der Waals surface area (Å²) in [6.45, 7) is 5.21. The van der Waals surface area contributed by atoms with Gasteiger partial charge in [-0.05, 0) is 56.5 Å². The van der Waals surface area contributed by atoms with Gasteiger partial charge in [-0.1, -0.05) is 29.5 Å². The number of hydrogen-bond acceptors (Lipinski definition) is 5. The Labute approximate surface area is 181 Å². The second-order valence-corrected chi connectivity index (χ2v) is 8.31. The molecular formula is C22H21F3N2O3S. The number of ether oxygens (including phenoxy) is 1. The lowest BCUT2D eigenvalue weighted by molar-refractivity contribution is -0.139. The molecule has 0 saturated heterocycles. The van der Waals surface area contributed by atoms with Crippen LogP contribution in [0.5, 0.6) is 5.75 Å². The second-order valence-electron chi connectivity index (χ2n) is 7.33. The topological polar surface area (TPSA) is 72.3 Å². The Hall–Kier alpha value is -2.94. The Morgan fingerprint density at radius 2 is 1.84 bits per heavy atom. The summed E-state index contributed by atoms with van der Waals surface area (Å²) in [5, 5.41) is 18.0. The summed E-state index contributed by atoms with van der Waals surface area (Å²) in [5.74, 6) is -1.08. The second kappa shape index (κ2) is 9.05. The molecule has 3 aromatic rings. The van der Waals surface area contributed by atoms with Crippen molar-refractivity contribution in [3.63, 3.8) is 0 Å². The first-order chi connectivity index (χ1) is 14.5. The van der Waals surface area contributed by atoms with Gasteiger partial charge in [-0.15, -0.1) is 10.2 Å². The third kappa shape index (κ3) is 5.61. The fourth-order valence-corrected chi connectivity index (χ4v) is 3.99. The van der Waals surface area contributed by atoms with Gasteiger partial charge in [-0.2, -0.15) is 13.2 Å². The van der Waals surface area contributed by atoms with Crippen LogP contribution < -0.4 is 4.74 Å². The van der Waals surface area contributed by atoms with Crippen molar-refractivity contribution >= 4 is 17.3 Å². The molecule has 0 amide bonds. The highest BCUT2D eigenvalue weighted by atomic mass is 32.1. The fraction of sp³-hybridized carbons (Fsp3) is 0.318. The van der Waals surface area contributed by atoms with E-state index in [0.29, 0.717) is 22.0 Å². The molecule has 0 aliphatic heterocycles. The van der Waals surface area contributed by atoms with E-state index in [1.807, 2.05) is 25.1 Å². The highest BCUT2D eigenvalue weighted by molar-refractivity contribution is 7.17. The number of halogens is 3. The molecule has 0 bridgehead atoms. The van der Waals surface area contributed by atoms with Crippen LogP contribution in [0.15, 0.2) is 36.4 Å². The van der Waals surface area contributed by atoms with Crippen LogP contribution in [0, 0.1) is 6.92 Å². The molecule has 0 atom stereocenters. The van der Waals surface area contributed by atoms with Crippen molar-refractivity contribution in [3.05, 3.63) is 53.1 Å². The van der Waals surface area contributed by atoms with Crippen molar-refractivity contribution in [3.8, 4) is 26.9 Å². The minimum absolute atomic E-state index is 0.0415. The maximum absolute atomic E-state index is 13.5. The van der Waals surface area contributed by atoms with E-state index in [9.17, 15) is 18.0 Å². The van der Waals surface area contributed by atoms with Crippen LogP contribution in [0.4, 0.5) is 13.2 Å². The first-order valence-electron chi connectivity index (χ1n) is 9.58. The van der Waals surface area contributed by atoms with E-state index in [1.165, 1.54) is 17.4 Å². The minimum Gasteiger partial charge on any atom is -0.490 e. The largest absolute Gasteiger partial charge is 0.490 e. The number of nitrogens with zero attached hydrogens (tertiary/aromatic N) is 2. The molecule has 0 aliphatic carbocycles. The molecule has 164 valence electrons. The first kappa shape index (κ1) is 22.7. The van der Waals surface area contributed by atoms with Gasteiger partial charge in [-0.3, -0.25) is 4.79 Å². The third-order valence-corrected chi connectivity index (χ3v) is 5.47. The SMILES string of the molecule is Cc1cc(CCC(=O)O)ccc1-c1nnc(-c2ccc(OC(C)C)c(C(F)(F)F)c2)s1. The molecule has 0 fully saturated rings. The van der Waals surface area contributed by atoms with E-state index < -0.39 is 17.7 Å². The van der Waals surface area contributed by atoms with Crippen molar-refractivity contribution in [2.45, 2.75) is 45.9 Å². The smallest absolute Gasteiger partial charge is 0.419 e. The summed E-state index contributed by atoms with van der Waals surface area (Å²) in [4.78, 5) is 10.7. The molecule has 0 saturated carbocycles. The van der Waals surface area contributed by atoms with E-state index in [1.54, 1.807) is 19.9 Å². The van der Waals surface area contributed by atoms with Crippen LogP contribution in [0.2, 0.25) is 0 Å². The summed E-state index contributed by atoms with van der Waals surface area (Å²) in [6.07, 6.45) is -4.49. The lowest BCUT2D eigenvalue weighted by Crippen LogP contribution is -2.13. The summed E-state index contributed by atoms with van der Waals surface area (Å²) < 4.78 is 45.9. The molecule has 0 aliphatic rings. The Morgan fingerprint density at radius 1 is 1.13 bits per heavy atom. The van der Waals surface area contributed by atoms with Gasteiger partial charge >= 0.3 is 12.1 Å². The van der Waals surface area contributed by atoms with Gasteiger partial charge in [0.25, 0.3) is 0 Å². The maximum atomic E-state index is 13.5. The summed E-state index contributed by atoms with van der Waals surface area (Å²) >= 11 is 1.19. The Morgan fingerprint density at radius 3 is 2.45 bits per heavy atom. The molecule has 0 unspecified atom stereocenters. The van der Waals surface area contributed by atoms with Crippen molar-refractivity contribution in [1.29, 1.82) is 0 Å². The monoisotopic (exact) mass is 450 g/mol. The van der Waals surface area contributed by atoms with Gasteiger partial charge in [0.2, 0.25) is 0 Å². The number of aryl methyl sites for hydroxylation is 2. The Kier molecular flexibility index (Phi) is 6.64. The number of carboxylic acid groups (broad SMARTS) is 1. The molecule has 0 radical (unpaired) electrons. The molecule has 5 nitrogen and oxygen atoms in total. The number of aliphatic carboxylic acids is 1. The normalized spacial score (nSPS) is 11.7. The van der Waals surface area contributed by atoms with E-state index in [4.69, 9.17) is 9.84 Å². The highest BCUT2D eigenvalue weighted by Gasteiger charge is 2.35. The average molecular weight is 450 g/mol. The standard InChI is InChI=1S/C22H21F3N2O3S/c1-12(2)30-18-8-6-15(11-17(18)22(23,24)25)20-26-27-21(31-20)16-7-4-14(10-13(16)3)5-9-19(28)29/h4,6-8,10-12H,5,9H2,1-3H3,(H,28,29). The molecule has 31 heavy (non-hydrogen) atoms. The predicted octanol–water partition coefficient (Wildman–Crippen LogP) is 6.00. The van der Waals surface area contributed by atoms with E-state index in [0.717, 1.165) is 22.8 Å². The van der Waals surface area contributed by atoms with Gasteiger partial charge in [0.15, 0.2) is 0 Å². The lowest BCUT2D eigenvalue weighted by Gasteiger charge is -2.16. The molecule has 2 aromatic carbocycles. The number of carbonyl (C=O) groups is 1. The van der Waals surface area contributed by atoms with Gasteiger partial charge in [0.1, 0.15) is 15.8 Å². The average Bonchev–Trinajstić information content (AvgIpc) is 3.15. The van der Waals surface area contributed by atoms with Crippen molar-refractivity contribution in [2.75, 3.05) is 0 Å². The molecule has 9 heteroatoms. The predicted molar refractivity (Wildman–Crippen MR) is 112 cm³/mol. The zero-order chi connectivity index (χ0) is 22.8. The van der Waals surface area contributed by atoms with Crippen LogP contribution in [0.1, 0.15) is 37.0 Å². The van der Waals surface area contributed by atoms with E-state index >= 15 is 0 Å². The summed E-state index contributed by atoms with van der Waals surface area (Å²) in [6, 6.07) is 9.42. The van der Waals surface area contributed by atoms with Crippen LogP contribution in [0.3, 0.4) is 0 Å². The molecule has 0 spiro atoms. The number of aromatic nitrogens is 2. The van der Waals surface area contributed by atoms with Crippen LogP contribution in [-0.2, 0) is 17.4 Å². The van der Waals surface area contributed by atoms with Crippen molar-refractivity contribution in [1.82, 2.24) is 10.2 Å². The van der Waals surface area contributed by atoms with Gasteiger partial charge < -0.3 is 9.84 Å². The molecule has 1 N–H and O–H groups in total. The molecule has 1 aromatic heterocycles. The zero-order valence-electron chi connectivity index (χ0n) is 17.2. The summed E-state index contributed by atoms with van der Waals surface area (Å²) in [5.41, 5.74) is 2.04. The van der Waals surface area contributed by atoms with E-state index in [-0.39, 0.29) is 18.3 Å². The number of benzene rings is 2. The lowest BCUT2D eigenvalue weighted by atomic mass is 10.0. The number of carboxylic acids is 1. The van der Waals surface area contributed by atoms with Crippen LogP contribution in [0.25, 0.3) is 21.1 Å². The molecule has 3 rings (SSSR count). The summed E-state index contributed by atoms with van der Waals surface area (Å²) in [7, 11) is 0. The van der Waals surface area contributed by atoms with Crippen LogP contribution >= 0.6 is 11.3 Å².